The number of nitrogens with zero attached hydrogens (tertiary/aromatic N) is 3. The van der Waals surface area contributed by atoms with Crippen molar-refractivity contribution in [2.45, 2.75) is 0 Å². The second kappa shape index (κ2) is 1.73. The summed E-state index contributed by atoms with van der Waals surface area (Å²) in [7, 11) is 0. The van der Waals surface area contributed by atoms with Crippen molar-refractivity contribution in [1.29, 1.82) is 0 Å². The molecule has 0 unspecified atom stereocenters. The van der Waals surface area contributed by atoms with Crippen LogP contribution in [0.25, 0.3) is 0 Å². The van der Waals surface area contributed by atoms with Gasteiger partial charge in [-0.2, -0.15) is 0 Å². The van der Waals surface area contributed by atoms with Crippen LogP contribution < -0.4 is 0 Å². The summed E-state index contributed by atoms with van der Waals surface area (Å²) in [6, 6.07) is 0. The highest BCUT2D eigenvalue weighted by Crippen LogP contribution is 1.98. The predicted octanol–water partition coefficient (Wildman–Crippen LogP) is 0.920. The van der Waals surface area contributed by atoms with Crippen LogP contribution in [0.1, 0.15) is 0 Å². The molecule has 0 aliphatic carbocycles. The molecule has 0 aromatic rings. The van der Waals surface area contributed by atoms with Crippen LogP contribution in [0.4, 0.5) is 0 Å². The van der Waals surface area contributed by atoms with Gasteiger partial charge in [-0.05, 0) is 12.2 Å². The van der Waals surface area contributed by atoms with E-state index in [1.165, 1.54) is 6.34 Å². The molecule has 1 rings (SSSR count). The van der Waals surface area contributed by atoms with Crippen molar-refractivity contribution in [3.63, 3.8) is 0 Å². The summed E-state index contributed by atoms with van der Waals surface area (Å²) in [5.74, 6) is 0.384. The molecule has 7 heavy (non-hydrogen) atoms. The lowest BCUT2D eigenvalue weighted by Crippen LogP contribution is -1.59. The highest BCUT2D eigenvalue weighted by molar-refractivity contribution is 7.78. The normalized spacial score (nSPS) is 15.1. The lowest BCUT2D eigenvalue weighted by molar-refractivity contribution is 1.24. The van der Waals surface area contributed by atoms with E-state index in [0.29, 0.717) is 5.82 Å². The Labute approximate surface area is 45.5 Å². The molecule has 0 radical (unpaired) electrons. The van der Waals surface area contributed by atoms with Crippen molar-refractivity contribution in [3.8, 4) is 0 Å². The van der Waals surface area contributed by atoms with Gasteiger partial charge in [0.25, 0.3) is 0 Å². The Morgan fingerprint density at radius 1 is 1.71 bits per heavy atom. The van der Waals surface area contributed by atoms with Crippen LogP contribution in [0, 0.1) is 0 Å². The molecule has 0 saturated heterocycles. The first-order valence-corrected chi connectivity index (χ1v) is 2.03. The molecule has 1 heterocycles. The van der Waals surface area contributed by atoms with Crippen molar-refractivity contribution >= 4 is 23.6 Å². The molecule has 0 bridgehead atoms. The van der Waals surface area contributed by atoms with Gasteiger partial charge in [-0.1, -0.05) is 0 Å². The molecule has 0 fully saturated rings. The summed E-state index contributed by atoms with van der Waals surface area (Å²) in [6.45, 7) is 0. The van der Waals surface area contributed by atoms with Gasteiger partial charge in [0.05, 0.1) is 0 Å². The Morgan fingerprint density at radius 3 is 2.86 bits per heavy atom. The van der Waals surface area contributed by atoms with Gasteiger partial charge in [0, 0.05) is 5.02 Å². The van der Waals surface area contributed by atoms with Gasteiger partial charge < -0.3 is 0 Å². The zero-order valence-corrected chi connectivity index (χ0v) is 4.14. The highest BCUT2D eigenvalue weighted by atomic mass is 32.1. The van der Waals surface area contributed by atoms with Gasteiger partial charge in [0.2, 0.25) is 5.82 Å². The summed E-state index contributed by atoms with van der Waals surface area (Å²) >= 11 is 4.36. The first-order valence-electron chi connectivity index (χ1n) is 1.62. The Kier molecular flexibility index (Phi) is 1.06. The van der Waals surface area contributed by atoms with E-state index in [1.807, 2.05) is 0 Å². The molecule has 1 aliphatic heterocycles. The van der Waals surface area contributed by atoms with E-state index in [9.17, 15) is 0 Å². The van der Waals surface area contributed by atoms with Crippen LogP contribution in [-0.2, 0) is 0 Å². The maximum absolute atomic E-state index is 4.36. The molecule has 0 N–H and O–H groups in total. The molecule has 0 spiro atoms. The number of thiocarbonyl (C=S) groups is 1. The van der Waals surface area contributed by atoms with Crippen LogP contribution in [0.2, 0.25) is 0 Å². The fraction of sp³-hybridized carbons (Fsp3) is 0. The maximum atomic E-state index is 4.36. The van der Waals surface area contributed by atoms with Gasteiger partial charge in [0.15, 0.2) is 0 Å². The Hall–Kier alpha value is -0.860. The van der Waals surface area contributed by atoms with Gasteiger partial charge in [-0.25, -0.2) is 4.99 Å². The molecule has 0 saturated carbocycles. The number of hydrogen-bond donors (Lipinski definition) is 0. The fourth-order valence-corrected chi connectivity index (χ4v) is 0.327. The average molecular weight is 111 g/mol. The molecule has 4 heteroatoms. The van der Waals surface area contributed by atoms with Gasteiger partial charge in [-0.3, -0.25) is 0 Å². The monoisotopic (exact) mass is 111 g/mol. The third-order valence-corrected chi connectivity index (χ3v) is 0.658. The molecule has 0 aromatic heterocycles. The van der Waals surface area contributed by atoms with Gasteiger partial charge >= 0.3 is 0 Å². The molecule has 1 aliphatic rings. The van der Waals surface area contributed by atoms with Crippen LogP contribution in [-0.4, -0.2) is 11.4 Å². The van der Waals surface area contributed by atoms with Crippen molar-refractivity contribution in [3.05, 3.63) is 5.82 Å². The summed E-state index contributed by atoms with van der Waals surface area (Å²) < 4.78 is 0. The number of azo groups is 1. The van der Waals surface area contributed by atoms with Crippen LogP contribution in [0.5, 0.6) is 0 Å². The van der Waals surface area contributed by atoms with Gasteiger partial charge in [-0.15, -0.1) is 10.2 Å². The number of aliphatic imine (C=N–C) groups is 1. The summed E-state index contributed by atoms with van der Waals surface area (Å²) in [4.78, 5) is 3.60. The smallest absolute Gasteiger partial charge is 0.206 e. The lowest BCUT2D eigenvalue weighted by atomic mass is 10.9. The van der Waals surface area contributed by atoms with E-state index >= 15 is 0 Å². The second-order valence-corrected chi connectivity index (χ2v) is 1.09. The molecule has 34 valence electrons. The fourth-order valence-electron chi connectivity index (χ4n) is 0.234. The zero-order chi connectivity index (χ0) is 5.11. The Morgan fingerprint density at radius 2 is 2.57 bits per heavy atom. The SMILES string of the molecule is S=C=C1N=CN=N1. The third-order valence-electron chi connectivity index (χ3n) is 0.475. The first-order chi connectivity index (χ1) is 3.43. The quantitative estimate of drug-likeness (QED) is 0.428. The van der Waals surface area contributed by atoms with E-state index in [1.54, 1.807) is 0 Å². The van der Waals surface area contributed by atoms with Crippen LogP contribution in [0.3, 0.4) is 0 Å². The average Bonchev–Trinajstić information content (AvgIpc) is 2.14. The second-order valence-electron chi connectivity index (χ2n) is 0.886. The van der Waals surface area contributed by atoms with E-state index in [0.717, 1.165) is 0 Å². The Balaban J connectivity index is 3.00. The zero-order valence-electron chi connectivity index (χ0n) is 3.33. The highest BCUT2D eigenvalue weighted by Gasteiger charge is 1.89. The van der Waals surface area contributed by atoms with Gasteiger partial charge in [0.1, 0.15) is 6.34 Å². The lowest BCUT2D eigenvalue weighted by Gasteiger charge is -1.66. The maximum Gasteiger partial charge on any atom is 0.230 e. The standard InChI is InChI=1S/C3HN3S/c7-1-3-4-2-5-6-3/h2H. The van der Waals surface area contributed by atoms with Crippen molar-refractivity contribution in [1.82, 2.24) is 0 Å². The first kappa shape index (κ1) is 4.30. The largest absolute Gasteiger partial charge is 0.230 e. The number of hydrogen-bond acceptors (Lipinski definition) is 4. The molecule has 3 nitrogen and oxygen atoms in total. The molecule has 0 amide bonds. The van der Waals surface area contributed by atoms with Crippen LogP contribution in [0.15, 0.2) is 21.0 Å². The van der Waals surface area contributed by atoms with E-state index in [4.69, 9.17) is 0 Å². The van der Waals surface area contributed by atoms with Crippen molar-refractivity contribution < 1.29 is 0 Å². The van der Waals surface area contributed by atoms with Crippen LogP contribution >= 0.6 is 12.2 Å². The summed E-state index contributed by atoms with van der Waals surface area (Å²) in [5, 5.41) is 9.17. The minimum atomic E-state index is 0.384. The predicted molar refractivity (Wildman–Crippen MR) is 29.5 cm³/mol. The van der Waals surface area contributed by atoms with E-state index < -0.39 is 0 Å². The summed E-state index contributed by atoms with van der Waals surface area (Å²) in [6.07, 6.45) is 1.33. The third kappa shape index (κ3) is 0.765. The topological polar surface area (TPSA) is 37.1 Å². The van der Waals surface area contributed by atoms with E-state index in [2.05, 4.69) is 32.5 Å². The molecular weight excluding hydrogens is 110 g/mol. The van der Waals surface area contributed by atoms with Crippen molar-refractivity contribution in [2.75, 3.05) is 0 Å². The summed E-state index contributed by atoms with van der Waals surface area (Å²) in [5.41, 5.74) is 0. The molecule has 0 atom stereocenters. The minimum absolute atomic E-state index is 0.384. The minimum Gasteiger partial charge on any atom is -0.206 e. The van der Waals surface area contributed by atoms with Crippen molar-refractivity contribution in [2.24, 2.45) is 15.2 Å². The molecule has 0 aromatic carbocycles. The number of rotatable bonds is 0. The van der Waals surface area contributed by atoms with E-state index in [-0.39, 0.29) is 0 Å². The molecular formula is C3HN3S. The Bertz CT molecular complexity index is 161.